The summed E-state index contributed by atoms with van der Waals surface area (Å²) in [7, 11) is 0. The smallest absolute Gasteiger partial charge is 0.119 e. The zero-order valence-electron chi connectivity index (χ0n) is 19.1. The Balaban J connectivity index is 1.27. The Morgan fingerprint density at radius 1 is 0.848 bits per heavy atom. The minimum atomic E-state index is -0.0842. The van der Waals surface area contributed by atoms with E-state index in [-0.39, 0.29) is 5.41 Å². The van der Waals surface area contributed by atoms with Gasteiger partial charge in [0, 0.05) is 12.0 Å². The third-order valence-electron chi connectivity index (χ3n) is 7.74. The molecule has 0 aromatic heterocycles. The Bertz CT molecular complexity index is 1190. The Morgan fingerprint density at radius 3 is 2.52 bits per heavy atom. The number of hydrogen-bond donors (Lipinski definition) is 1. The van der Waals surface area contributed by atoms with Gasteiger partial charge in [-0.1, -0.05) is 48.9 Å². The number of phenolic OH excluding ortho intramolecular Hbond substituents is 1. The first-order valence-corrected chi connectivity index (χ1v) is 12.3. The summed E-state index contributed by atoms with van der Waals surface area (Å²) < 4.78 is 6.19. The van der Waals surface area contributed by atoms with Crippen LogP contribution in [0.2, 0.25) is 0 Å². The van der Waals surface area contributed by atoms with Crippen LogP contribution in [-0.4, -0.2) is 36.2 Å². The number of hydrogen-bond acceptors (Lipinski definition) is 3. The van der Waals surface area contributed by atoms with Crippen LogP contribution in [0.4, 0.5) is 0 Å². The number of rotatable bonds is 5. The molecule has 1 aliphatic heterocycles. The second-order valence-corrected chi connectivity index (χ2v) is 9.81. The fourth-order valence-electron chi connectivity index (χ4n) is 6.12. The van der Waals surface area contributed by atoms with Crippen molar-refractivity contribution in [2.45, 2.75) is 37.5 Å². The van der Waals surface area contributed by atoms with E-state index in [1.54, 1.807) is 0 Å². The first kappa shape index (κ1) is 20.6. The highest BCUT2D eigenvalue weighted by molar-refractivity contribution is 5.95. The third kappa shape index (κ3) is 3.75. The Hall–Kier alpha value is -3.04. The SMILES string of the molecule is Oc1ccc2c(c1)C=C(c1ccccc1)C21Cc2ccc(OCCN3CCCCC3)cc2C1. The molecule has 3 aliphatic rings. The predicted octanol–water partition coefficient (Wildman–Crippen LogP) is 5.85. The lowest BCUT2D eigenvalue weighted by Crippen LogP contribution is -2.33. The number of ether oxygens (including phenoxy) is 1. The van der Waals surface area contributed by atoms with Crippen LogP contribution in [0.25, 0.3) is 11.6 Å². The van der Waals surface area contributed by atoms with Gasteiger partial charge in [0.25, 0.3) is 0 Å². The van der Waals surface area contributed by atoms with E-state index in [0.717, 1.165) is 37.3 Å². The standard InChI is InChI=1S/C30H31NO2/c32-26-10-12-28-24(17-26)19-29(22-7-3-1-4-8-22)30(28)20-23-9-11-27(18-25(23)21-30)33-16-15-31-13-5-2-6-14-31/h1,3-4,7-12,17-19,32H,2,5-6,13-16,20-21H2. The molecule has 1 spiro atoms. The van der Waals surface area contributed by atoms with Crippen molar-refractivity contribution in [2.75, 3.05) is 26.2 Å². The van der Waals surface area contributed by atoms with Crippen LogP contribution in [0.1, 0.15) is 47.1 Å². The minimum Gasteiger partial charge on any atom is -0.508 e. The number of fused-ring (bicyclic) bond motifs is 3. The number of nitrogens with zero attached hydrogens (tertiary/aromatic N) is 1. The molecule has 0 radical (unpaired) electrons. The van der Waals surface area contributed by atoms with Crippen LogP contribution in [0.15, 0.2) is 66.7 Å². The maximum Gasteiger partial charge on any atom is 0.119 e. The summed E-state index contributed by atoms with van der Waals surface area (Å²) in [5.41, 5.74) is 7.78. The fraction of sp³-hybridized carbons (Fsp3) is 0.333. The molecule has 0 bridgehead atoms. The highest BCUT2D eigenvalue weighted by Gasteiger charge is 2.46. The summed E-state index contributed by atoms with van der Waals surface area (Å²) in [5.74, 6) is 1.31. The molecule has 1 fully saturated rings. The van der Waals surface area contributed by atoms with Crippen LogP contribution in [0, 0.1) is 0 Å². The Kier molecular flexibility index (Phi) is 5.22. The van der Waals surface area contributed by atoms with E-state index < -0.39 is 0 Å². The summed E-state index contributed by atoms with van der Waals surface area (Å²) in [5, 5.41) is 10.1. The van der Waals surface area contributed by atoms with Crippen molar-refractivity contribution in [3.63, 3.8) is 0 Å². The van der Waals surface area contributed by atoms with Crippen molar-refractivity contribution in [3.05, 3.63) is 94.5 Å². The highest BCUT2D eigenvalue weighted by Crippen LogP contribution is 2.55. The monoisotopic (exact) mass is 437 g/mol. The maximum atomic E-state index is 10.1. The number of piperidine rings is 1. The normalized spacial score (nSPS) is 21.6. The zero-order chi connectivity index (χ0) is 22.3. The largest absolute Gasteiger partial charge is 0.508 e. The summed E-state index contributed by atoms with van der Waals surface area (Å²) in [6, 6.07) is 23.2. The van der Waals surface area contributed by atoms with E-state index in [0.29, 0.717) is 5.75 Å². The molecule has 1 unspecified atom stereocenters. The Morgan fingerprint density at radius 2 is 1.67 bits per heavy atom. The molecular weight excluding hydrogens is 406 g/mol. The van der Waals surface area contributed by atoms with Crippen LogP contribution < -0.4 is 4.74 Å². The topological polar surface area (TPSA) is 32.7 Å². The lowest BCUT2D eigenvalue weighted by Gasteiger charge is -2.30. The number of benzene rings is 3. The summed E-state index contributed by atoms with van der Waals surface area (Å²) in [4.78, 5) is 2.52. The lowest BCUT2D eigenvalue weighted by atomic mass is 9.72. The van der Waals surface area contributed by atoms with Crippen LogP contribution >= 0.6 is 0 Å². The molecule has 1 atom stereocenters. The molecule has 1 N–H and O–H groups in total. The number of likely N-dealkylation sites (tertiary alicyclic amines) is 1. The molecule has 168 valence electrons. The van der Waals surface area contributed by atoms with Gasteiger partial charge in [-0.3, -0.25) is 4.90 Å². The van der Waals surface area contributed by atoms with Gasteiger partial charge in [-0.25, -0.2) is 0 Å². The summed E-state index contributed by atoms with van der Waals surface area (Å²) in [6.45, 7) is 4.18. The number of aromatic hydroxyl groups is 1. The quantitative estimate of drug-likeness (QED) is 0.544. The van der Waals surface area contributed by atoms with Crippen molar-refractivity contribution in [1.29, 1.82) is 0 Å². The average Bonchev–Trinajstić information content (AvgIpc) is 3.37. The fourth-order valence-corrected chi connectivity index (χ4v) is 6.12. The van der Waals surface area contributed by atoms with Crippen molar-refractivity contribution in [3.8, 4) is 11.5 Å². The molecule has 6 rings (SSSR count). The van der Waals surface area contributed by atoms with E-state index in [9.17, 15) is 5.11 Å². The molecule has 2 aliphatic carbocycles. The minimum absolute atomic E-state index is 0.0842. The average molecular weight is 438 g/mol. The maximum absolute atomic E-state index is 10.1. The molecule has 33 heavy (non-hydrogen) atoms. The van der Waals surface area contributed by atoms with Crippen molar-refractivity contribution >= 4 is 11.6 Å². The van der Waals surface area contributed by atoms with Crippen molar-refractivity contribution in [1.82, 2.24) is 4.90 Å². The van der Waals surface area contributed by atoms with Gasteiger partial charge in [-0.05, 0) is 103 Å². The molecule has 1 saturated heterocycles. The Labute approximate surface area is 196 Å². The number of allylic oxidation sites excluding steroid dienone is 1. The molecular formula is C30H31NO2. The molecule has 0 saturated carbocycles. The van der Waals surface area contributed by atoms with Crippen molar-refractivity contribution in [2.24, 2.45) is 0 Å². The number of phenols is 1. The van der Waals surface area contributed by atoms with Gasteiger partial charge in [-0.2, -0.15) is 0 Å². The van der Waals surface area contributed by atoms with E-state index in [1.807, 2.05) is 12.1 Å². The second kappa shape index (κ2) is 8.39. The predicted molar refractivity (Wildman–Crippen MR) is 134 cm³/mol. The first-order valence-electron chi connectivity index (χ1n) is 12.3. The lowest BCUT2D eigenvalue weighted by molar-refractivity contribution is 0.183. The van der Waals surface area contributed by atoms with Gasteiger partial charge < -0.3 is 9.84 Å². The molecule has 1 heterocycles. The molecule has 3 aromatic carbocycles. The van der Waals surface area contributed by atoms with E-state index in [1.165, 1.54) is 60.2 Å². The second-order valence-electron chi connectivity index (χ2n) is 9.81. The van der Waals surface area contributed by atoms with Crippen LogP contribution in [0.5, 0.6) is 11.5 Å². The molecule has 3 aromatic rings. The van der Waals surface area contributed by atoms with Gasteiger partial charge in [0.05, 0.1) is 0 Å². The van der Waals surface area contributed by atoms with Gasteiger partial charge in [-0.15, -0.1) is 0 Å². The molecule has 0 amide bonds. The zero-order valence-corrected chi connectivity index (χ0v) is 19.1. The first-order chi connectivity index (χ1) is 16.2. The van der Waals surface area contributed by atoms with Gasteiger partial charge in [0.1, 0.15) is 18.1 Å². The van der Waals surface area contributed by atoms with Gasteiger partial charge in [0.2, 0.25) is 0 Å². The molecule has 3 nitrogen and oxygen atoms in total. The summed E-state index contributed by atoms with van der Waals surface area (Å²) in [6.07, 6.45) is 8.23. The van der Waals surface area contributed by atoms with Crippen LogP contribution in [-0.2, 0) is 18.3 Å². The van der Waals surface area contributed by atoms with E-state index >= 15 is 0 Å². The van der Waals surface area contributed by atoms with E-state index in [2.05, 4.69) is 65.6 Å². The van der Waals surface area contributed by atoms with Gasteiger partial charge in [0.15, 0.2) is 0 Å². The third-order valence-corrected chi connectivity index (χ3v) is 7.74. The molecule has 3 heteroatoms. The summed E-state index contributed by atoms with van der Waals surface area (Å²) >= 11 is 0. The van der Waals surface area contributed by atoms with Crippen molar-refractivity contribution < 1.29 is 9.84 Å². The van der Waals surface area contributed by atoms with Gasteiger partial charge >= 0.3 is 0 Å². The highest BCUT2D eigenvalue weighted by atomic mass is 16.5. The van der Waals surface area contributed by atoms with Crippen LogP contribution in [0.3, 0.4) is 0 Å². The van der Waals surface area contributed by atoms with E-state index in [4.69, 9.17) is 4.74 Å².